The first-order chi connectivity index (χ1) is 23.7. The summed E-state index contributed by atoms with van der Waals surface area (Å²) in [5.41, 5.74) is 1.66. The fraction of sp³-hybridized carbons (Fsp3) is 0.447. The third-order valence-corrected chi connectivity index (χ3v) is 11.5. The maximum absolute atomic E-state index is 13.9. The number of ether oxygens (including phenoxy) is 2. The van der Waals surface area contributed by atoms with Crippen molar-refractivity contribution in [3.05, 3.63) is 99.6 Å². The minimum absolute atomic E-state index is 0.0544. The molecule has 0 radical (unpaired) electrons. The SMILES string of the molecule is Cc1cc(SC2=C(O)CC(CCc3ccccc3)(c3ccc(OCCC4CNCCN4)cc3)OC2=O)c(C(C)(C)C)cc1OS(=O)(=O)N(C)C. The van der Waals surface area contributed by atoms with E-state index in [1.165, 1.54) is 14.1 Å². The van der Waals surface area contributed by atoms with Crippen LogP contribution in [0.25, 0.3) is 0 Å². The number of carbonyl (C=O) groups excluding carboxylic acids is 1. The maximum Gasteiger partial charge on any atom is 0.384 e. The molecule has 10 nitrogen and oxygen atoms in total. The van der Waals surface area contributed by atoms with Gasteiger partial charge in [0.2, 0.25) is 0 Å². The van der Waals surface area contributed by atoms with Crippen LogP contribution in [0, 0.1) is 6.92 Å². The predicted octanol–water partition coefficient (Wildman–Crippen LogP) is 6.14. The minimum atomic E-state index is -3.98. The highest BCUT2D eigenvalue weighted by molar-refractivity contribution is 8.04. The number of carbonyl (C=O) groups is 1. The second kappa shape index (κ2) is 15.8. The summed E-state index contributed by atoms with van der Waals surface area (Å²) >= 11 is 1.13. The van der Waals surface area contributed by atoms with Crippen molar-refractivity contribution in [2.24, 2.45) is 0 Å². The Labute approximate surface area is 300 Å². The Balaban J connectivity index is 1.42. The molecule has 5 rings (SSSR count). The molecule has 2 heterocycles. The second-order valence-electron chi connectivity index (χ2n) is 14.1. The second-order valence-corrected chi connectivity index (χ2v) is 16.9. The maximum atomic E-state index is 13.9. The normalized spacial score (nSPS) is 20.1. The monoisotopic (exact) mass is 723 g/mol. The van der Waals surface area contributed by atoms with Crippen LogP contribution in [-0.4, -0.2) is 70.2 Å². The number of hydrogen-bond acceptors (Lipinski definition) is 10. The Hall–Kier alpha value is -3.55. The number of nitrogens with one attached hydrogen (secondary N) is 2. The molecule has 3 N–H and O–H groups in total. The molecular formula is C38H49N3O7S2. The van der Waals surface area contributed by atoms with Gasteiger partial charge in [0.15, 0.2) is 0 Å². The molecule has 2 aliphatic heterocycles. The number of cyclic esters (lactones) is 1. The van der Waals surface area contributed by atoms with Crippen molar-refractivity contribution in [2.45, 2.75) is 75.3 Å². The predicted molar refractivity (Wildman–Crippen MR) is 197 cm³/mol. The summed E-state index contributed by atoms with van der Waals surface area (Å²) in [4.78, 5) is 14.7. The van der Waals surface area contributed by atoms with Gasteiger partial charge < -0.3 is 29.4 Å². The van der Waals surface area contributed by atoms with Crippen molar-refractivity contribution in [2.75, 3.05) is 40.3 Å². The van der Waals surface area contributed by atoms with E-state index in [0.29, 0.717) is 35.9 Å². The van der Waals surface area contributed by atoms with Crippen LogP contribution in [0.3, 0.4) is 0 Å². The molecule has 0 saturated carbocycles. The van der Waals surface area contributed by atoms with E-state index in [2.05, 4.69) is 10.6 Å². The summed E-state index contributed by atoms with van der Waals surface area (Å²) in [6, 6.07) is 21.5. The lowest BCUT2D eigenvalue weighted by Crippen LogP contribution is -2.48. The molecule has 2 atom stereocenters. The Morgan fingerprint density at radius 1 is 1.06 bits per heavy atom. The highest BCUT2D eigenvalue weighted by atomic mass is 32.2. The van der Waals surface area contributed by atoms with Gasteiger partial charge in [0, 0.05) is 44.7 Å². The van der Waals surface area contributed by atoms with Gasteiger partial charge in [-0.2, -0.15) is 12.7 Å². The zero-order valence-corrected chi connectivity index (χ0v) is 31.4. The Morgan fingerprint density at radius 2 is 1.78 bits per heavy atom. The Kier molecular flexibility index (Phi) is 11.9. The van der Waals surface area contributed by atoms with E-state index in [-0.39, 0.29) is 22.8 Å². The fourth-order valence-corrected chi connectivity index (χ4v) is 7.88. The Bertz CT molecular complexity index is 1780. The molecule has 270 valence electrons. The van der Waals surface area contributed by atoms with E-state index in [9.17, 15) is 18.3 Å². The number of aliphatic hydroxyl groups is 1. The number of esters is 1. The van der Waals surface area contributed by atoms with Crippen LogP contribution < -0.4 is 19.6 Å². The number of benzene rings is 3. The summed E-state index contributed by atoms with van der Waals surface area (Å²) < 4.78 is 43.9. The first-order valence-corrected chi connectivity index (χ1v) is 19.2. The summed E-state index contributed by atoms with van der Waals surface area (Å²) in [5, 5.41) is 18.5. The van der Waals surface area contributed by atoms with Gasteiger partial charge in [-0.1, -0.05) is 75.0 Å². The molecule has 0 aromatic heterocycles. The minimum Gasteiger partial charge on any atom is -0.511 e. The van der Waals surface area contributed by atoms with Crippen LogP contribution >= 0.6 is 11.8 Å². The molecule has 3 aromatic carbocycles. The summed E-state index contributed by atoms with van der Waals surface area (Å²) in [6.45, 7) is 11.1. The highest BCUT2D eigenvalue weighted by Gasteiger charge is 2.44. The van der Waals surface area contributed by atoms with Crippen LogP contribution in [0.2, 0.25) is 0 Å². The number of hydrogen-bond donors (Lipinski definition) is 3. The largest absolute Gasteiger partial charge is 0.511 e. The average molecular weight is 724 g/mol. The highest BCUT2D eigenvalue weighted by Crippen LogP contribution is 2.47. The average Bonchev–Trinajstić information content (AvgIpc) is 3.07. The van der Waals surface area contributed by atoms with Crippen molar-refractivity contribution in [1.82, 2.24) is 14.9 Å². The van der Waals surface area contributed by atoms with Gasteiger partial charge in [-0.25, -0.2) is 4.79 Å². The summed E-state index contributed by atoms with van der Waals surface area (Å²) in [7, 11) is -1.17. The van der Waals surface area contributed by atoms with Crippen LogP contribution in [0.4, 0.5) is 0 Å². The molecule has 0 spiro atoms. The third kappa shape index (κ3) is 9.21. The van der Waals surface area contributed by atoms with Crippen LogP contribution in [-0.2, 0) is 37.3 Å². The molecule has 3 aromatic rings. The van der Waals surface area contributed by atoms with E-state index < -0.39 is 27.3 Å². The van der Waals surface area contributed by atoms with E-state index in [1.807, 2.05) is 75.4 Å². The van der Waals surface area contributed by atoms with E-state index >= 15 is 0 Å². The van der Waals surface area contributed by atoms with Gasteiger partial charge in [0.05, 0.1) is 13.0 Å². The zero-order chi connectivity index (χ0) is 36.1. The van der Waals surface area contributed by atoms with Crippen molar-refractivity contribution in [1.29, 1.82) is 0 Å². The van der Waals surface area contributed by atoms with Crippen LogP contribution in [0.5, 0.6) is 11.5 Å². The van der Waals surface area contributed by atoms with Crippen molar-refractivity contribution in [3.63, 3.8) is 0 Å². The molecule has 0 aliphatic carbocycles. The Morgan fingerprint density at radius 3 is 2.40 bits per heavy atom. The number of thioether (sulfide) groups is 1. The van der Waals surface area contributed by atoms with Gasteiger partial charge >= 0.3 is 16.3 Å². The van der Waals surface area contributed by atoms with Gasteiger partial charge in [-0.05, 0) is 78.1 Å². The fourth-order valence-electron chi connectivity index (χ4n) is 6.08. The number of rotatable bonds is 13. The van der Waals surface area contributed by atoms with E-state index in [1.54, 1.807) is 19.1 Å². The van der Waals surface area contributed by atoms with Crippen LogP contribution in [0.1, 0.15) is 62.3 Å². The first kappa shape index (κ1) is 37.7. The topological polar surface area (TPSA) is 126 Å². The molecule has 2 aliphatic rings. The quantitative estimate of drug-likeness (QED) is 0.177. The standard InChI is InChI=1S/C38H49N3O7S2/c1-26-22-34(31(37(2,3)4)23-33(26)48-50(44,45)41(5)6)49-35-32(42)24-38(47-36(35)43,18-16-27-10-8-7-9-11-27)28-12-14-30(15-13-28)46-21-17-29-25-39-19-20-40-29/h7-15,22-23,29,39-40,42H,16-21,24-25H2,1-6H3. The molecule has 0 amide bonds. The lowest BCUT2D eigenvalue weighted by molar-refractivity contribution is -0.160. The molecular weight excluding hydrogens is 675 g/mol. The van der Waals surface area contributed by atoms with Gasteiger partial charge in [0.25, 0.3) is 0 Å². The van der Waals surface area contributed by atoms with Crippen molar-refractivity contribution < 1.29 is 32.0 Å². The number of piperazine rings is 1. The molecule has 2 unspecified atom stereocenters. The molecule has 1 fully saturated rings. The van der Waals surface area contributed by atoms with E-state index in [0.717, 1.165) is 64.6 Å². The third-order valence-electron chi connectivity index (χ3n) is 9.03. The lowest BCUT2D eigenvalue weighted by Gasteiger charge is -2.38. The van der Waals surface area contributed by atoms with Gasteiger partial charge in [-0.3, -0.25) is 0 Å². The summed E-state index contributed by atoms with van der Waals surface area (Å²) in [6.07, 6.45) is 2.08. The summed E-state index contributed by atoms with van der Waals surface area (Å²) in [5.74, 6) is 0.257. The lowest BCUT2D eigenvalue weighted by atomic mass is 9.82. The van der Waals surface area contributed by atoms with E-state index in [4.69, 9.17) is 13.7 Å². The molecule has 0 bridgehead atoms. The number of nitrogens with zero attached hydrogens (tertiary/aromatic N) is 1. The number of aryl methyl sites for hydroxylation is 2. The smallest absolute Gasteiger partial charge is 0.384 e. The van der Waals surface area contributed by atoms with Gasteiger partial charge in [-0.15, -0.1) is 0 Å². The number of aliphatic hydroxyl groups excluding tert-OH is 1. The van der Waals surface area contributed by atoms with Crippen molar-refractivity contribution in [3.8, 4) is 11.5 Å². The van der Waals surface area contributed by atoms with Gasteiger partial charge in [0.1, 0.15) is 27.8 Å². The van der Waals surface area contributed by atoms with Crippen molar-refractivity contribution >= 4 is 28.0 Å². The zero-order valence-electron chi connectivity index (χ0n) is 29.7. The van der Waals surface area contributed by atoms with Crippen LogP contribution in [0.15, 0.2) is 82.3 Å². The molecule has 50 heavy (non-hydrogen) atoms. The molecule has 12 heteroatoms. The molecule has 1 saturated heterocycles. The first-order valence-electron chi connectivity index (χ1n) is 17.0.